The van der Waals surface area contributed by atoms with Crippen LogP contribution in [-0.2, 0) is 9.59 Å². The monoisotopic (exact) mass is 534 g/mol. The fourth-order valence-electron chi connectivity index (χ4n) is 4.79. The van der Waals surface area contributed by atoms with Gasteiger partial charge >= 0.3 is 0 Å². The number of nitrogen functional groups attached to an aromatic ring is 1. The molecular formula is C30H32F2N4O3. The van der Waals surface area contributed by atoms with Gasteiger partial charge in [0, 0.05) is 43.4 Å². The summed E-state index contributed by atoms with van der Waals surface area (Å²) >= 11 is 0. The summed E-state index contributed by atoms with van der Waals surface area (Å²) in [6.07, 6.45) is 3.10. The molecule has 2 atom stereocenters. The molecule has 39 heavy (non-hydrogen) atoms. The lowest BCUT2D eigenvalue weighted by Crippen LogP contribution is -2.38. The lowest BCUT2D eigenvalue weighted by molar-refractivity contribution is -0.120. The molecule has 4 rings (SSSR count). The first-order chi connectivity index (χ1) is 18.5. The minimum Gasteiger partial charge on any atom is -0.397 e. The van der Waals surface area contributed by atoms with Crippen LogP contribution in [0.25, 0.3) is 6.08 Å². The SMILES string of the molecule is CC(C)(O)CN1CC(C(=O)Nc2ccc(F)c(F)c2)C(c2ccc(C=CC(=O)Nc3ccccc3N)cc2)C1. The second kappa shape index (κ2) is 11.8. The first-order valence-corrected chi connectivity index (χ1v) is 12.6. The number of aliphatic hydroxyl groups is 1. The highest BCUT2D eigenvalue weighted by molar-refractivity contribution is 6.03. The van der Waals surface area contributed by atoms with Crippen LogP contribution >= 0.6 is 0 Å². The van der Waals surface area contributed by atoms with Gasteiger partial charge in [0.05, 0.1) is 22.9 Å². The van der Waals surface area contributed by atoms with Crippen molar-refractivity contribution in [1.29, 1.82) is 0 Å². The lowest BCUT2D eigenvalue weighted by Gasteiger charge is -2.25. The third kappa shape index (κ3) is 7.49. The Bertz CT molecular complexity index is 1370. The maximum absolute atomic E-state index is 13.7. The topological polar surface area (TPSA) is 108 Å². The Balaban J connectivity index is 1.48. The molecule has 2 unspecified atom stereocenters. The summed E-state index contributed by atoms with van der Waals surface area (Å²) in [6, 6.07) is 17.8. The molecule has 0 bridgehead atoms. The minimum absolute atomic E-state index is 0.176. The number of likely N-dealkylation sites (tertiary alicyclic amines) is 1. The van der Waals surface area contributed by atoms with Gasteiger partial charge in [-0.1, -0.05) is 36.4 Å². The van der Waals surface area contributed by atoms with Gasteiger partial charge in [0.2, 0.25) is 11.8 Å². The van der Waals surface area contributed by atoms with Crippen LogP contribution in [0.4, 0.5) is 25.8 Å². The molecule has 1 aliphatic rings. The van der Waals surface area contributed by atoms with Gasteiger partial charge in [-0.25, -0.2) is 8.78 Å². The molecule has 0 aromatic heterocycles. The number of para-hydroxylation sites is 2. The summed E-state index contributed by atoms with van der Waals surface area (Å²) in [5.74, 6) is -3.33. The molecule has 0 spiro atoms. The highest BCUT2D eigenvalue weighted by atomic mass is 19.2. The number of rotatable bonds is 8. The molecule has 3 aromatic rings. The summed E-state index contributed by atoms with van der Waals surface area (Å²) in [5.41, 5.74) is 7.81. The van der Waals surface area contributed by atoms with E-state index in [1.165, 1.54) is 12.1 Å². The van der Waals surface area contributed by atoms with E-state index in [4.69, 9.17) is 5.73 Å². The number of nitrogens with one attached hydrogen (secondary N) is 2. The number of benzene rings is 3. The van der Waals surface area contributed by atoms with Crippen LogP contribution in [0.1, 0.15) is 30.9 Å². The van der Waals surface area contributed by atoms with Crippen LogP contribution < -0.4 is 16.4 Å². The number of anilines is 3. The third-order valence-corrected chi connectivity index (χ3v) is 6.54. The molecule has 7 nitrogen and oxygen atoms in total. The molecule has 1 saturated heterocycles. The van der Waals surface area contributed by atoms with Crippen molar-refractivity contribution in [3.8, 4) is 0 Å². The summed E-state index contributed by atoms with van der Waals surface area (Å²) in [4.78, 5) is 27.6. The number of nitrogens with zero attached hydrogens (tertiary/aromatic N) is 1. The Kier molecular flexibility index (Phi) is 8.42. The number of hydrogen-bond donors (Lipinski definition) is 4. The Morgan fingerprint density at radius 2 is 1.74 bits per heavy atom. The minimum atomic E-state index is -1.04. The number of amides is 2. The molecular weight excluding hydrogens is 502 g/mol. The van der Waals surface area contributed by atoms with Crippen LogP contribution in [-0.4, -0.2) is 47.1 Å². The van der Waals surface area contributed by atoms with Crippen LogP contribution in [0, 0.1) is 17.6 Å². The molecule has 3 aromatic carbocycles. The fraction of sp³-hybridized carbons (Fsp3) is 0.267. The fourth-order valence-corrected chi connectivity index (χ4v) is 4.79. The van der Waals surface area contributed by atoms with Gasteiger partial charge in [0.1, 0.15) is 0 Å². The molecule has 5 N–H and O–H groups in total. The van der Waals surface area contributed by atoms with Gasteiger partial charge in [-0.3, -0.25) is 14.5 Å². The highest BCUT2D eigenvalue weighted by Gasteiger charge is 2.39. The highest BCUT2D eigenvalue weighted by Crippen LogP contribution is 2.35. The molecule has 0 saturated carbocycles. The molecule has 0 radical (unpaired) electrons. The van der Waals surface area contributed by atoms with Crippen LogP contribution in [0.5, 0.6) is 0 Å². The first kappa shape index (κ1) is 27.9. The van der Waals surface area contributed by atoms with E-state index in [1.54, 1.807) is 44.2 Å². The maximum Gasteiger partial charge on any atom is 0.248 e. The van der Waals surface area contributed by atoms with E-state index in [0.717, 1.165) is 23.3 Å². The molecule has 1 heterocycles. The van der Waals surface area contributed by atoms with E-state index in [0.29, 0.717) is 31.0 Å². The zero-order valence-corrected chi connectivity index (χ0v) is 21.8. The standard InChI is InChI=1S/C30H32F2N4O3/c1-30(2,39)18-36-16-22(23(17-36)29(38)34-21-12-13-24(31)25(32)15-21)20-10-7-19(8-11-20)9-14-28(37)35-27-6-4-3-5-26(27)33/h3-15,22-23,39H,16-18,33H2,1-2H3,(H,34,38)(H,35,37). The molecule has 1 aliphatic heterocycles. The van der Waals surface area contributed by atoms with Gasteiger partial charge in [-0.05, 0) is 55.3 Å². The number of hydrogen-bond acceptors (Lipinski definition) is 5. The molecule has 2 amide bonds. The van der Waals surface area contributed by atoms with Crippen LogP contribution in [0.2, 0.25) is 0 Å². The summed E-state index contributed by atoms with van der Waals surface area (Å²) in [6.45, 7) is 4.73. The number of nitrogens with two attached hydrogens (primary N) is 1. The van der Waals surface area contributed by atoms with Crippen molar-refractivity contribution in [3.05, 3.63) is 95.6 Å². The molecule has 204 valence electrons. The third-order valence-electron chi connectivity index (χ3n) is 6.54. The molecule has 1 fully saturated rings. The number of carbonyl (C=O) groups is 2. The largest absolute Gasteiger partial charge is 0.397 e. The van der Waals surface area contributed by atoms with Gasteiger partial charge in [0.25, 0.3) is 0 Å². The van der Waals surface area contributed by atoms with Crippen molar-refractivity contribution < 1.29 is 23.5 Å². The van der Waals surface area contributed by atoms with E-state index in [2.05, 4.69) is 10.6 Å². The predicted molar refractivity (Wildman–Crippen MR) is 149 cm³/mol. The Labute approximate surface area is 226 Å². The summed E-state index contributed by atoms with van der Waals surface area (Å²) in [7, 11) is 0. The number of carbonyl (C=O) groups excluding carboxylic acids is 2. The van der Waals surface area contributed by atoms with E-state index in [-0.39, 0.29) is 23.4 Å². The summed E-state index contributed by atoms with van der Waals surface area (Å²) in [5, 5.41) is 15.8. The number of halogens is 2. The predicted octanol–water partition coefficient (Wildman–Crippen LogP) is 4.62. The Hall–Kier alpha value is -4.08. The number of β-amino-alcohol motifs (C(OH)–C–C–N with tert-alkyl or cyclic N) is 1. The van der Waals surface area contributed by atoms with Gasteiger partial charge < -0.3 is 21.5 Å². The van der Waals surface area contributed by atoms with E-state index in [1.807, 2.05) is 29.2 Å². The Morgan fingerprint density at radius 1 is 1.03 bits per heavy atom. The first-order valence-electron chi connectivity index (χ1n) is 12.6. The smallest absolute Gasteiger partial charge is 0.248 e. The lowest BCUT2D eigenvalue weighted by atomic mass is 9.88. The zero-order chi connectivity index (χ0) is 28.2. The van der Waals surface area contributed by atoms with Gasteiger partial charge in [0.15, 0.2) is 11.6 Å². The Morgan fingerprint density at radius 3 is 2.41 bits per heavy atom. The normalized spacial score (nSPS) is 17.9. The van der Waals surface area contributed by atoms with Crippen molar-refractivity contribution in [2.24, 2.45) is 5.92 Å². The van der Waals surface area contributed by atoms with Crippen molar-refractivity contribution in [2.45, 2.75) is 25.4 Å². The van der Waals surface area contributed by atoms with Crippen molar-refractivity contribution in [2.75, 3.05) is 36.0 Å². The van der Waals surface area contributed by atoms with Crippen molar-refractivity contribution >= 4 is 35.0 Å². The van der Waals surface area contributed by atoms with Crippen LogP contribution in [0.15, 0.2) is 72.8 Å². The van der Waals surface area contributed by atoms with Crippen molar-refractivity contribution in [1.82, 2.24) is 4.90 Å². The average molecular weight is 535 g/mol. The average Bonchev–Trinajstić information content (AvgIpc) is 3.29. The quantitative estimate of drug-likeness (QED) is 0.249. The summed E-state index contributed by atoms with van der Waals surface area (Å²) < 4.78 is 27.0. The van der Waals surface area contributed by atoms with Gasteiger partial charge in [-0.15, -0.1) is 0 Å². The molecule has 9 heteroatoms. The molecule has 0 aliphatic carbocycles. The zero-order valence-electron chi connectivity index (χ0n) is 21.8. The van der Waals surface area contributed by atoms with Crippen molar-refractivity contribution in [3.63, 3.8) is 0 Å². The maximum atomic E-state index is 13.7. The van der Waals surface area contributed by atoms with E-state index in [9.17, 15) is 23.5 Å². The van der Waals surface area contributed by atoms with Gasteiger partial charge in [-0.2, -0.15) is 0 Å². The van der Waals surface area contributed by atoms with E-state index < -0.39 is 23.2 Å². The van der Waals surface area contributed by atoms with E-state index >= 15 is 0 Å². The second-order valence-electron chi connectivity index (χ2n) is 10.4. The second-order valence-corrected chi connectivity index (χ2v) is 10.4. The van der Waals surface area contributed by atoms with Crippen LogP contribution in [0.3, 0.4) is 0 Å².